The van der Waals surface area contributed by atoms with Gasteiger partial charge in [0.25, 0.3) is 11.8 Å². The second-order valence-electron chi connectivity index (χ2n) is 5.87. The molecule has 0 fully saturated rings. The molecule has 0 saturated carbocycles. The minimum absolute atomic E-state index is 0.0354. The van der Waals surface area contributed by atoms with Gasteiger partial charge in [0, 0.05) is 11.2 Å². The van der Waals surface area contributed by atoms with Gasteiger partial charge in [0.05, 0.1) is 5.56 Å². The van der Waals surface area contributed by atoms with Crippen molar-refractivity contribution in [3.05, 3.63) is 29.8 Å². The lowest BCUT2D eigenvalue weighted by molar-refractivity contribution is -0.137. The average molecular weight is 345 g/mol. The summed E-state index contributed by atoms with van der Waals surface area (Å²) >= 11 is 0. The summed E-state index contributed by atoms with van der Waals surface area (Å²) in [4.78, 5) is 27.6. The van der Waals surface area contributed by atoms with E-state index in [0.29, 0.717) is 0 Å². The van der Waals surface area contributed by atoms with Crippen molar-refractivity contribution in [1.29, 1.82) is 0 Å². The van der Waals surface area contributed by atoms with E-state index < -0.39 is 29.1 Å². The zero-order chi connectivity index (χ0) is 18.4. The molecule has 0 aliphatic carbocycles. The Bertz CT molecular complexity index is 622. The first kappa shape index (κ1) is 19.5. The van der Waals surface area contributed by atoms with Crippen LogP contribution in [0.15, 0.2) is 29.4 Å². The van der Waals surface area contributed by atoms with Crippen molar-refractivity contribution in [3.63, 3.8) is 0 Å². The molecule has 1 aromatic rings. The molecule has 0 saturated heterocycles. The first-order valence-electron chi connectivity index (χ1n) is 6.92. The van der Waals surface area contributed by atoms with E-state index >= 15 is 0 Å². The zero-order valence-electron chi connectivity index (χ0n) is 13.4. The molecule has 24 heavy (non-hydrogen) atoms. The highest BCUT2D eigenvalue weighted by Gasteiger charge is 2.30. The van der Waals surface area contributed by atoms with Crippen LogP contribution in [0.25, 0.3) is 0 Å². The standard InChI is InChI=1S/C15H18F3N3O3/c1-14(2,3)21-13(23)9-24-19-8-12(22)20-11-6-4-5-10(7-11)15(16,17)18/h4-8H,9H2,1-3H3,(H,20,22)(H,21,23)/b19-8+. The lowest BCUT2D eigenvalue weighted by Crippen LogP contribution is -2.42. The number of carbonyl (C=O) groups excluding carboxylic acids is 2. The molecule has 2 N–H and O–H groups in total. The molecule has 2 amide bonds. The van der Waals surface area contributed by atoms with Gasteiger partial charge in [0.2, 0.25) is 0 Å². The number of hydrogen-bond donors (Lipinski definition) is 2. The Hall–Kier alpha value is -2.58. The molecule has 0 spiro atoms. The van der Waals surface area contributed by atoms with Crippen LogP contribution >= 0.6 is 0 Å². The molecule has 0 radical (unpaired) electrons. The Morgan fingerprint density at radius 3 is 2.50 bits per heavy atom. The third-order valence-electron chi connectivity index (χ3n) is 2.41. The number of benzene rings is 1. The van der Waals surface area contributed by atoms with Gasteiger partial charge in [-0.15, -0.1) is 0 Å². The summed E-state index contributed by atoms with van der Waals surface area (Å²) in [5.74, 6) is -1.21. The number of rotatable bonds is 5. The Morgan fingerprint density at radius 2 is 1.92 bits per heavy atom. The van der Waals surface area contributed by atoms with Crippen LogP contribution in [0.5, 0.6) is 0 Å². The number of carbonyl (C=O) groups is 2. The van der Waals surface area contributed by atoms with Crippen LogP contribution in [0.1, 0.15) is 26.3 Å². The van der Waals surface area contributed by atoms with Gasteiger partial charge in [0.1, 0.15) is 6.21 Å². The van der Waals surface area contributed by atoms with Crippen molar-refractivity contribution in [1.82, 2.24) is 5.32 Å². The first-order chi connectivity index (χ1) is 11.0. The van der Waals surface area contributed by atoms with Crippen LogP contribution in [0.4, 0.5) is 18.9 Å². The Morgan fingerprint density at radius 1 is 1.25 bits per heavy atom. The maximum Gasteiger partial charge on any atom is 0.416 e. The number of oxime groups is 1. The van der Waals surface area contributed by atoms with E-state index in [2.05, 4.69) is 20.6 Å². The fourth-order valence-corrected chi connectivity index (χ4v) is 1.58. The van der Waals surface area contributed by atoms with Gasteiger partial charge in [-0.25, -0.2) is 0 Å². The maximum atomic E-state index is 12.5. The van der Waals surface area contributed by atoms with Crippen LogP contribution in [-0.2, 0) is 20.6 Å². The summed E-state index contributed by atoms with van der Waals surface area (Å²) < 4.78 is 37.6. The molecule has 0 heterocycles. The van der Waals surface area contributed by atoms with Crippen molar-refractivity contribution in [2.75, 3.05) is 11.9 Å². The molecule has 132 valence electrons. The van der Waals surface area contributed by atoms with Crippen LogP contribution < -0.4 is 10.6 Å². The molecule has 1 rings (SSSR count). The van der Waals surface area contributed by atoms with Gasteiger partial charge in [-0.3, -0.25) is 9.59 Å². The number of alkyl halides is 3. The van der Waals surface area contributed by atoms with E-state index in [4.69, 9.17) is 0 Å². The number of halogens is 3. The quantitative estimate of drug-likeness (QED) is 0.636. The molecule has 0 aliphatic rings. The molecule has 0 bridgehead atoms. The third-order valence-corrected chi connectivity index (χ3v) is 2.41. The van der Waals surface area contributed by atoms with Crippen LogP contribution in [0.3, 0.4) is 0 Å². The topological polar surface area (TPSA) is 79.8 Å². The fourth-order valence-electron chi connectivity index (χ4n) is 1.58. The summed E-state index contributed by atoms with van der Waals surface area (Å²) in [5, 5.41) is 8.12. The second-order valence-corrected chi connectivity index (χ2v) is 5.87. The highest BCUT2D eigenvalue weighted by Crippen LogP contribution is 2.30. The van der Waals surface area contributed by atoms with Gasteiger partial charge >= 0.3 is 6.18 Å². The predicted octanol–water partition coefficient (Wildman–Crippen LogP) is 2.56. The molecule has 1 aromatic carbocycles. The first-order valence-corrected chi connectivity index (χ1v) is 6.92. The Balaban J connectivity index is 2.48. The van der Waals surface area contributed by atoms with Crippen LogP contribution in [0.2, 0.25) is 0 Å². The van der Waals surface area contributed by atoms with E-state index in [1.165, 1.54) is 12.1 Å². The van der Waals surface area contributed by atoms with Crippen molar-refractivity contribution in [3.8, 4) is 0 Å². The normalized spacial score (nSPS) is 12.1. The number of nitrogens with zero attached hydrogens (tertiary/aromatic N) is 1. The van der Waals surface area contributed by atoms with Gasteiger partial charge in [-0.2, -0.15) is 13.2 Å². The summed E-state index contributed by atoms with van der Waals surface area (Å²) in [6, 6.07) is 4.16. The Kier molecular flexibility index (Phi) is 6.33. The van der Waals surface area contributed by atoms with Gasteiger partial charge < -0.3 is 15.5 Å². The molecule has 0 aliphatic heterocycles. The van der Waals surface area contributed by atoms with Crippen molar-refractivity contribution in [2.24, 2.45) is 5.16 Å². The fraction of sp³-hybridized carbons (Fsp3) is 0.400. The van der Waals surface area contributed by atoms with Gasteiger partial charge in [-0.05, 0) is 39.0 Å². The maximum absolute atomic E-state index is 12.5. The second kappa shape index (κ2) is 7.80. The van der Waals surface area contributed by atoms with Crippen molar-refractivity contribution >= 4 is 23.7 Å². The summed E-state index contributed by atoms with van der Waals surface area (Å²) in [5.41, 5.74) is -1.34. The molecular weight excluding hydrogens is 327 g/mol. The lowest BCUT2D eigenvalue weighted by atomic mass is 10.1. The number of hydrogen-bond acceptors (Lipinski definition) is 4. The number of anilines is 1. The van der Waals surface area contributed by atoms with Crippen LogP contribution in [-0.4, -0.2) is 30.2 Å². The molecule has 0 unspecified atom stereocenters. The predicted molar refractivity (Wildman–Crippen MR) is 82.4 cm³/mol. The van der Waals surface area contributed by atoms with Gasteiger partial charge in [0.15, 0.2) is 6.61 Å². The lowest BCUT2D eigenvalue weighted by Gasteiger charge is -2.19. The Labute approximate surface area is 137 Å². The third kappa shape index (κ3) is 7.61. The van der Waals surface area contributed by atoms with Crippen LogP contribution in [0, 0.1) is 0 Å². The molecule has 0 aromatic heterocycles. The number of amides is 2. The largest absolute Gasteiger partial charge is 0.416 e. The summed E-state index contributed by atoms with van der Waals surface area (Å²) in [6.45, 7) is 4.98. The average Bonchev–Trinajstić information content (AvgIpc) is 2.41. The summed E-state index contributed by atoms with van der Waals surface area (Å²) in [6.07, 6.45) is -3.77. The van der Waals surface area contributed by atoms with E-state index in [1.54, 1.807) is 20.8 Å². The van der Waals surface area contributed by atoms with Crippen molar-refractivity contribution < 1.29 is 27.6 Å². The highest BCUT2D eigenvalue weighted by molar-refractivity contribution is 6.31. The monoisotopic (exact) mass is 345 g/mol. The zero-order valence-corrected chi connectivity index (χ0v) is 13.4. The summed E-state index contributed by atoms with van der Waals surface area (Å²) in [7, 11) is 0. The van der Waals surface area contributed by atoms with E-state index in [0.717, 1.165) is 18.3 Å². The smallest absolute Gasteiger partial charge is 0.386 e. The molecule has 9 heteroatoms. The van der Waals surface area contributed by atoms with Crippen molar-refractivity contribution in [2.45, 2.75) is 32.5 Å². The van der Waals surface area contributed by atoms with E-state index in [1.807, 2.05) is 0 Å². The highest BCUT2D eigenvalue weighted by atomic mass is 19.4. The van der Waals surface area contributed by atoms with E-state index in [9.17, 15) is 22.8 Å². The molecule has 6 nitrogen and oxygen atoms in total. The van der Waals surface area contributed by atoms with Gasteiger partial charge in [-0.1, -0.05) is 11.2 Å². The minimum Gasteiger partial charge on any atom is -0.386 e. The number of nitrogens with one attached hydrogen (secondary N) is 2. The minimum atomic E-state index is -4.50. The van der Waals surface area contributed by atoms with E-state index in [-0.39, 0.29) is 12.3 Å². The molecular formula is C15H18F3N3O3. The molecule has 0 atom stereocenters. The SMILES string of the molecule is CC(C)(C)NC(=O)CO/N=C/C(=O)Nc1cccc(C(F)(F)F)c1.